The quantitative estimate of drug-likeness (QED) is 0.0250. The van der Waals surface area contributed by atoms with Crippen molar-refractivity contribution < 1.29 is 24.5 Å². The Kier molecular flexibility index (Phi) is 40.3. The number of aliphatic hydroxyl groups excluding tert-OH is 2. The van der Waals surface area contributed by atoms with Crippen LogP contribution in [0.4, 0.5) is 0 Å². The summed E-state index contributed by atoms with van der Waals surface area (Å²) in [6.45, 7) is 6.39. The molecule has 0 saturated carbocycles. The lowest BCUT2D eigenvalue weighted by molar-refractivity contribution is -0.150. The van der Waals surface area contributed by atoms with E-state index in [1.54, 1.807) is 0 Å². The zero-order chi connectivity index (χ0) is 39.6. The van der Waals surface area contributed by atoms with Gasteiger partial charge in [0, 0.05) is 6.42 Å². The van der Waals surface area contributed by atoms with Gasteiger partial charge in [-0.2, -0.15) is 0 Å². The molecule has 0 bridgehead atoms. The third-order valence-electron chi connectivity index (χ3n) is 10.2. The molecule has 0 aliphatic carbocycles. The minimum atomic E-state index is -0.799. The molecule has 0 aliphatic rings. The first-order chi connectivity index (χ1) is 26.5. The third kappa shape index (κ3) is 36.8. The fourth-order valence-electron chi connectivity index (χ4n) is 6.65. The van der Waals surface area contributed by atoms with Crippen LogP contribution < -0.4 is 5.32 Å². The van der Waals surface area contributed by atoms with Crippen LogP contribution in [0.5, 0.6) is 0 Å². The Hall–Kier alpha value is -2.18. The van der Waals surface area contributed by atoms with E-state index in [9.17, 15) is 19.8 Å². The molecule has 0 saturated heterocycles. The minimum Gasteiger partial charge on any atom is -0.462 e. The second kappa shape index (κ2) is 42.0. The molecule has 314 valence electrons. The van der Waals surface area contributed by atoms with Crippen LogP contribution in [0.1, 0.15) is 220 Å². The maximum Gasteiger partial charge on any atom is 0.306 e. The Bertz CT molecular complexity index is 941. The molecule has 6 nitrogen and oxygen atoms in total. The van der Waals surface area contributed by atoms with Crippen molar-refractivity contribution in [2.24, 2.45) is 0 Å². The van der Waals surface area contributed by atoms with Crippen LogP contribution in [-0.4, -0.2) is 46.9 Å². The molecular weight excluding hydrogens is 671 g/mol. The average molecular weight is 758 g/mol. The predicted molar refractivity (Wildman–Crippen MR) is 232 cm³/mol. The molecule has 0 aromatic heterocycles. The molecule has 3 atom stereocenters. The van der Waals surface area contributed by atoms with Crippen molar-refractivity contribution in [2.75, 3.05) is 6.61 Å². The lowest BCUT2D eigenvalue weighted by Gasteiger charge is -2.24. The summed E-state index contributed by atoms with van der Waals surface area (Å²) < 4.78 is 5.85. The Labute approximate surface area is 334 Å². The Morgan fingerprint density at radius 2 is 1.00 bits per heavy atom. The van der Waals surface area contributed by atoms with E-state index in [-0.39, 0.29) is 31.3 Å². The van der Waals surface area contributed by atoms with Gasteiger partial charge in [-0.15, -0.1) is 0 Å². The van der Waals surface area contributed by atoms with Crippen LogP contribution in [0.25, 0.3) is 0 Å². The maximum absolute atomic E-state index is 13.1. The SMILES string of the molecule is CCCCC/C=C/C=C/CCCCCCC(CC(=O)NC(CO)C(O)CCCCCCCCCCC)OC(=O)CC/C=C/C/C=C\CCCCCCCC. The van der Waals surface area contributed by atoms with E-state index >= 15 is 0 Å². The summed E-state index contributed by atoms with van der Waals surface area (Å²) in [5, 5.41) is 23.6. The number of amides is 1. The Balaban J connectivity index is 4.73. The Morgan fingerprint density at radius 1 is 0.556 bits per heavy atom. The Morgan fingerprint density at radius 3 is 1.56 bits per heavy atom. The second-order valence-electron chi connectivity index (χ2n) is 15.5. The van der Waals surface area contributed by atoms with Gasteiger partial charge in [-0.05, 0) is 70.6 Å². The van der Waals surface area contributed by atoms with Crippen molar-refractivity contribution in [1.82, 2.24) is 5.32 Å². The molecule has 0 aromatic rings. The van der Waals surface area contributed by atoms with E-state index in [2.05, 4.69) is 68.6 Å². The van der Waals surface area contributed by atoms with E-state index in [1.807, 2.05) is 6.08 Å². The number of hydrogen-bond acceptors (Lipinski definition) is 5. The summed E-state index contributed by atoms with van der Waals surface area (Å²) in [5.74, 6) is -0.577. The second-order valence-corrected chi connectivity index (χ2v) is 15.5. The van der Waals surface area contributed by atoms with Crippen molar-refractivity contribution in [1.29, 1.82) is 0 Å². The normalized spacial score (nSPS) is 13.8. The lowest BCUT2D eigenvalue weighted by Crippen LogP contribution is -2.46. The molecule has 3 unspecified atom stereocenters. The summed E-state index contributed by atoms with van der Waals surface area (Å²) in [4.78, 5) is 25.9. The molecule has 0 fully saturated rings. The topological polar surface area (TPSA) is 95.9 Å². The van der Waals surface area contributed by atoms with Gasteiger partial charge >= 0.3 is 5.97 Å². The summed E-state index contributed by atoms with van der Waals surface area (Å²) in [5.41, 5.74) is 0. The maximum atomic E-state index is 13.1. The van der Waals surface area contributed by atoms with Crippen LogP contribution in [-0.2, 0) is 14.3 Å². The molecule has 0 aliphatic heterocycles. The summed E-state index contributed by atoms with van der Waals surface area (Å²) in [6, 6.07) is -0.716. The molecule has 54 heavy (non-hydrogen) atoms. The van der Waals surface area contributed by atoms with Gasteiger partial charge in [-0.1, -0.05) is 185 Å². The monoisotopic (exact) mass is 758 g/mol. The number of carbonyl (C=O) groups is 2. The molecule has 0 heterocycles. The van der Waals surface area contributed by atoms with Crippen LogP contribution in [0.3, 0.4) is 0 Å². The van der Waals surface area contributed by atoms with Crippen LogP contribution >= 0.6 is 0 Å². The minimum absolute atomic E-state index is 0.0412. The number of carbonyl (C=O) groups excluding carboxylic acids is 2. The highest BCUT2D eigenvalue weighted by molar-refractivity contribution is 5.77. The highest BCUT2D eigenvalue weighted by Crippen LogP contribution is 2.16. The zero-order valence-corrected chi connectivity index (χ0v) is 35.6. The number of allylic oxidation sites excluding steroid dienone is 8. The molecule has 0 radical (unpaired) electrons. The molecule has 0 rings (SSSR count). The fourth-order valence-corrected chi connectivity index (χ4v) is 6.65. The van der Waals surface area contributed by atoms with Gasteiger partial charge in [0.2, 0.25) is 5.91 Å². The summed E-state index contributed by atoms with van der Waals surface area (Å²) >= 11 is 0. The smallest absolute Gasteiger partial charge is 0.306 e. The number of rotatable bonds is 40. The first-order valence-corrected chi connectivity index (χ1v) is 22.9. The molecule has 6 heteroatoms. The molecule has 0 aromatic carbocycles. The lowest BCUT2D eigenvalue weighted by atomic mass is 10.0. The van der Waals surface area contributed by atoms with Crippen molar-refractivity contribution in [3.63, 3.8) is 0 Å². The van der Waals surface area contributed by atoms with E-state index in [4.69, 9.17) is 4.74 Å². The van der Waals surface area contributed by atoms with Gasteiger partial charge in [0.25, 0.3) is 0 Å². The highest BCUT2D eigenvalue weighted by atomic mass is 16.5. The highest BCUT2D eigenvalue weighted by Gasteiger charge is 2.24. The van der Waals surface area contributed by atoms with Gasteiger partial charge in [-0.3, -0.25) is 9.59 Å². The average Bonchev–Trinajstić information content (AvgIpc) is 3.16. The number of unbranched alkanes of at least 4 members (excludes halogenated alkanes) is 21. The number of esters is 1. The van der Waals surface area contributed by atoms with E-state index in [1.165, 1.54) is 96.3 Å². The number of hydrogen-bond donors (Lipinski definition) is 3. The van der Waals surface area contributed by atoms with Crippen LogP contribution in [0.15, 0.2) is 48.6 Å². The molecule has 1 amide bonds. The standard InChI is InChI=1S/C48H87NO5/c1-4-7-10-13-16-19-21-23-25-28-30-33-36-39-44(54-48(53)41-38-35-32-29-26-24-22-20-17-14-11-8-5-2)42-47(52)49-45(43-50)46(51)40-37-34-31-27-18-15-12-9-6-3/h16,19,21,23-24,26,32,35,44-46,50-51H,4-15,17-18,20,22,25,27-31,33-34,36-43H2,1-3H3,(H,49,52)/b19-16+,23-21+,26-24-,35-32+. The summed E-state index contributed by atoms with van der Waals surface area (Å²) in [7, 11) is 0. The number of nitrogens with one attached hydrogen (secondary N) is 1. The first kappa shape index (κ1) is 51.8. The van der Waals surface area contributed by atoms with E-state index in [0.717, 1.165) is 70.6 Å². The van der Waals surface area contributed by atoms with E-state index < -0.39 is 18.2 Å². The van der Waals surface area contributed by atoms with Crippen LogP contribution in [0, 0.1) is 0 Å². The molecular formula is C48H87NO5. The summed E-state index contributed by atoms with van der Waals surface area (Å²) in [6.07, 6.45) is 48.9. The largest absolute Gasteiger partial charge is 0.462 e. The first-order valence-electron chi connectivity index (χ1n) is 22.9. The molecule has 3 N–H and O–H groups in total. The molecule has 0 spiro atoms. The fraction of sp³-hybridized carbons (Fsp3) is 0.792. The van der Waals surface area contributed by atoms with Crippen molar-refractivity contribution in [2.45, 2.75) is 238 Å². The predicted octanol–water partition coefficient (Wildman–Crippen LogP) is 13.1. The third-order valence-corrected chi connectivity index (χ3v) is 10.2. The number of aliphatic hydroxyl groups is 2. The van der Waals surface area contributed by atoms with Gasteiger partial charge in [0.15, 0.2) is 0 Å². The van der Waals surface area contributed by atoms with Gasteiger partial charge < -0.3 is 20.3 Å². The van der Waals surface area contributed by atoms with Crippen LogP contribution in [0.2, 0.25) is 0 Å². The van der Waals surface area contributed by atoms with Gasteiger partial charge in [0.05, 0.1) is 25.2 Å². The van der Waals surface area contributed by atoms with Gasteiger partial charge in [-0.25, -0.2) is 0 Å². The zero-order valence-electron chi connectivity index (χ0n) is 35.6. The van der Waals surface area contributed by atoms with Gasteiger partial charge in [0.1, 0.15) is 6.10 Å². The van der Waals surface area contributed by atoms with Crippen molar-refractivity contribution >= 4 is 11.9 Å². The van der Waals surface area contributed by atoms with E-state index in [0.29, 0.717) is 19.3 Å². The number of ether oxygens (including phenoxy) is 1. The van der Waals surface area contributed by atoms with Crippen molar-refractivity contribution in [3.8, 4) is 0 Å². The van der Waals surface area contributed by atoms with Crippen molar-refractivity contribution in [3.05, 3.63) is 48.6 Å².